The lowest BCUT2D eigenvalue weighted by Gasteiger charge is -2.32. The largest absolute Gasteiger partial charge is 0.465 e. The van der Waals surface area contributed by atoms with Crippen LogP contribution in [0.5, 0.6) is 0 Å². The van der Waals surface area contributed by atoms with Gasteiger partial charge in [0.25, 0.3) is 5.91 Å². The van der Waals surface area contributed by atoms with Gasteiger partial charge in [-0.3, -0.25) is 4.79 Å². The molecule has 3 aliphatic rings. The number of ether oxygens (including phenoxy) is 1. The van der Waals surface area contributed by atoms with Crippen molar-refractivity contribution >= 4 is 28.9 Å². The number of benzene rings is 2. The van der Waals surface area contributed by atoms with Crippen molar-refractivity contribution in [3.63, 3.8) is 0 Å². The first-order chi connectivity index (χ1) is 19.4. The summed E-state index contributed by atoms with van der Waals surface area (Å²) in [6, 6.07) is 14.4. The Morgan fingerprint density at radius 1 is 1.02 bits per heavy atom. The van der Waals surface area contributed by atoms with E-state index in [0.717, 1.165) is 42.7 Å². The maximum absolute atomic E-state index is 14.0. The normalized spacial score (nSPS) is 19.9. The van der Waals surface area contributed by atoms with Crippen LogP contribution in [-0.4, -0.2) is 67.1 Å². The standard InChI is InChI=1S/C34H41N3O3/c1-35-17-9-10-23(20-35)21-36(2)33(38)27-18-25-13-7-8-14-28(25)32-31(24-11-5-4-6-12-24)29-16-15-26(34(39)40-3)19-30(29)37(32)22-27/h7-8,13-16,18-19,23-24H,4-6,9-12,17,20-22H2,1-3H3. The molecule has 6 rings (SSSR count). The Balaban J connectivity index is 1.47. The van der Waals surface area contributed by atoms with Crippen LogP contribution >= 0.6 is 0 Å². The van der Waals surface area contributed by atoms with Gasteiger partial charge >= 0.3 is 5.97 Å². The average molecular weight is 540 g/mol. The van der Waals surface area contributed by atoms with Gasteiger partial charge in [0.1, 0.15) is 0 Å². The van der Waals surface area contributed by atoms with Crippen molar-refractivity contribution in [2.24, 2.45) is 5.92 Å². The number of esters is 1. The number of likely N-dealkylation sites (tertiary alicyclic amines) is 1. The fourth-order valence-corrected chi connectivity index (χ4v) is 7.39. The van der Waals surface area contributed by atoms with Crippen molar-refractivity contribution in [1.82, 2.24) is 14.4 Å². The molecule has 2 fully saturated rings. The van der Waals surface area contributed by atoms with Crippen LogP contribution < -0.4 is 0 Å². The summed E-state index contributed by atoms with van der Waals surface area (Å²) in [4.78, 5) is 30.9. The molecule has 0 bridgehead atoms. The van der Waals surface area contributed by atoms with E-state index < -0.39 is 0 Å². The van der Waals surface area contributed by atoms with Crippen molar-refractivity contribution in [1.29, 1.82) is 0 Å². The molecule has 0 N–H and O–H groups in total. The molecule has 1 aromatic heterocycles. The highest BCUT2D eigenvalue weighted by molar-refractivity contribution is 6.03. The van der Waals surface area contributed by atoms with E-state index in [1.54, 1.807) is 0 Å². The first kappa shape index (κ1) is 26.8. The molecule has 40 heavy (non-hydrogen) atoms. The third kappa shape index (κ3) is 4.98. The second-order valence-electron chi connectivity index (χ2n) is 12.1. The van der Waals surface area contributed by atoms with Gasteiger partial charge in [0.05, 0.1) is 24.9 Å². The average Bonchev–Trinajstić information content (AvgIpc) is 3.19. The maximum atomic E-state index is 14.0. The van der Waals surface area contributed by atoms with Crippen molar-refractivity contribution < 1.29 is 14.3 Å². The first-order valence-corrected chi connectivity index (χ1v) is 14.9. The van der Waals surface area contributed by atoms with Crippen molar-refractivity contribution in [3.8, 4) is 11.3 Å². The van der Waals surface area contributed by atoms with Crippen molar-refractivity contribution in [2.75, 3.05) is 40.8 Å². The van der Waals surface area contributed by atoms with Gasteiger partial charge in [0.15, 0.2) is 0 Å². The van der Waals surface area contributed by atoms with Crippen LogP contribution in [0.15, 0.2) is 48.0 Å². The highest BCUT2D eigenvalue weighted by atomic mass is 16.5. The summed E-state index contributed by atoms with van der Waals surface area (Å²) in [6.07, 6.45) is 10.6. The van der Waals surface area contributed by atoms with Crippen molar-refractivity contribution in [3.05, 3.63) is 64.7 Å². The Labute approximate surface area is 237 Å². The second kappa shape index (κ2) is 11.2. The number of nitrogens with zero attached hydrogens (tertiary/aromatic N) is 3. The van der Waals surface area contributed by atoms with Crippen LogP contribution in [0.3, 0.4) is 0 Å². The summed E-state index contributed by atoms with van der Waals surface area (Å²) >= 11 is 0. The lowest BCUT2D eigenvalue weighted by Crippen LogP contribution is -2.40. The minimum absolute atomic E-state index is 0.0843. The molecule has 1 saturated heterocycles. The zero-order chi connectivity index (χ0) is 27.8. The van der Waals surface area contributed by atoms with Crippen LogP contribution in [0.1, 0.15) is 72.3 Å². The fraction of sp³-hybridized carbons (Fsp3) is 0.471. The number of carbonyl (C=O) groups is 2. The molecule has 3 aromatic rings. The number of fused-ring (bicyclic) bond motifs is 5. The number of carbonyl (C=O) groups excluding carboxylic acids is 2. The number of piperidine rings is 1. The molecular weight excluding hydrogens is 498 g/mol. The number of hydrogen-bond donors (Lipinski definition) is 0. The van der Waals surface area contributed by atoms with E-state index in [1.807, 2.05) is 24.1 Å². The number of rotatable bonds is 5. The summed E-state index contributed by atoms with van der Waals surface area (Å²) in [7, 11) is 5.55. The molecule has 3 heterocycles. The smallest absolute Gasteiger partial charge is 0.337 e. The quantitative estimate of drug-likeness (QED) is 0.355. The third-order valence-corrected chi connectivity index (χ3v) is 9.29. The van der Waals surface area contributed by atoms with Crippen LogP contribution in [0.2, 0.25) is 0 Å². The predicted octanol–water partition coefficient (Wildman–Crippen LogP) is 6.34. The first-order valence-electron chi connectivity index (χ1n) is 14.9. The zero-order valence-electron chi connectivity index (χ0n) is 24.1. The molecule has 210 valence electrons. The van der Waals surface area contributed by atoms with Crippen LogP contribution in [0.25, 0.3) is 28.2 Å². The summed E-state index contributed by atoms with van der Waals surface area (Å²) < 4.78 is 7.39. The van der Waals surface area contributed by atoms with Gasteiger partial charge in [0.2, 0.25) is 0 Å². The molecular formula is C34H41N3O3. The Kier molecular flexibility index (Phi) is 7.54. The van der Waals surface area contributed by atoms with Gasteiger partial charge < -0.3 is 19.1 Å². The fourth-order valence-electron chi connectivity index (χ4n) is 7.39. The number of amides is 1. The highest BCUT2D eigenvalue weighted by Gasteiger charge is 2.31. The van der Waals surface area contributed by atoms with Gasteiger partial charge in [0, 0.05) is 42.2 Å². The molecule has 6 nitrogen and oxygen atoms in total. The monoisotopic (exact) mass is 539 g/mol. The van der Waals surface area contributed by atoms with E-state index in [2.05, 4.69) is 52.9 Å². The van der Waals surface area contributed by atoms with E-state index in [9.17, 15) is 9.59 Å². The molecule has 6 heteroatoms. The maximum Gasteiger partial charge on any atom is 0.337 e. The Hall–Kier alpha value is -3.38. The number of hydrogen-bond acceptors (Lipinski definition) is 4. The summed E-state index contributed by atoms with van der Waals surface area (Å²) in [5.74, 6) is 0.707. The van der Waals surface area contributed by atoms with E-state index >= 15 is 0 Å². The van der Waals surface area contributed by atoms with Crippen LogP contribution in [0.4, 0.5) is 0 Å². The predicted molar refractivity (Wildman–Crippen MR) is 160 cm³/mol. The topological polar surface area (TPSA) is 54.8 Å². The minimum atomic E-state index is -0.338. The summed E-state index contributed by atoms with van der Waals surface area (Å²) in [6.45, 7) is 3.41. The van der Waals surface area contributed by atoms with Gasteiger partial charge in [-0.15, -0.1) is 0 Å². The lowest BCUT2D eigenvalue weighted by molar-refractivity contribution is -0.126. The van der Waals surface area contributed by atoms with Gasteiger partial charge in [-0.2, -0.15) is 0 Å². The minimum Gasteiger partial charge on any atom is -0.465 e. The molecule has 1 amide bonds. The summed E-state index contributed by atoms with van der Waals surface area (Å²) in [5, 5.41) is 1.19. The SMILES string of the molecule is COC(=O)c1ccc2c(C3CCCCC3)c3n(c2c1)CC(C(=O)N(C)CC1CCCN(C)C1)=Cc1ccccc1-3. The number of methoxy groups -OCH3 is 1. The molecule has 2 aliphatic heterocycles. The Morgan fingerprint density at radius 2 is 1.82 bits per heavy atom. The lowest BCUT2D eigenvalue weighted by atomic mass is 9.81. The molecule has 0 radical (unpaired) electrons. The second-order valence-corrected chi connectivity index (χ2v) is 12.1. The van der Waals surface area contributed by atoms with Crippen LogP contribution in [-0.2, 0) is 16.1 Å². The van der Waals surface area contributed by atoms with Gasteiger partial charge in [-0.05, 0) is 80.4 Å². The zero-order valence-corrected chi connectivity index (χ0v) is 24.1. The van der Waals surface area contributed by atoms with E-state index in [1.165, 1.54) is 67.8 Å². The third-order valence-electron chi connectivity index (χ3n) is 9.29. The van der Waals surface area contributed by atoms with Crippen molar-refractivity contribution in [2.45, 2.75) is 57.4 Å². The van der Waals surface area contributed by atoms with Gasteiger partial charge in [-0.25, -0.2) is 4.79 Å². The molecule has 2 aromatic carbocycles. The Morgan fingerprint density at radius 3 is 2.60 bits per heavy atom. The number of aromatic nitrogens is 1. The molecule has 1 unspecified atom stereocenters. The summed E-state index contributed by atoms with van der Waals surface area (Å²) in [5.41, 5.74) is 7.16. The van der Waals surface area contributed by atoms with E-state index in [0.29, 0.717) is 23.9 Å². The Bertz CT molecular complexity index is 1460. The number of likely N-dealkylation sites (N-methyl/N-ethyl adjacent to an activating group) is 1. The highest BCUT2D eigenvalue weighted by Crippen LogP contribution is 2.46. The van der Waals surface area contributed by atoms with Crippen LogP contribution in [0, 0.1) is 5.92 Å². The molecule has 1 aliphatic carbocycles. The van der Waals surface area contributed by atoms with Gasteiger partial charge in [-0.1, -0.05) is 49.6 Å². The molecule has 0 spiro atoms. The molecule has 1 saturated carbocycles. The van der Waals surface area contributed by atoms with E-state index in [4.69, 9.17) is 4.74 Å². The van der Waals surface area contributed by atoms with E-state index in [-0.39, 0.29) is 11.9 Å². The molecule has 1 atom stereocenters.